The van der Waals surface area contributed by atoms with E-state index in [1.54, 1.807) is 12.5 Å². The molecule has 1 N–H and O–H groups in total. The zero-order chi connectivity index (χ0) is 24.1. The highest BCUT2D eigenvalue weighted by Crippen LogP contribution is 2.43. The third-order valence-electron chi connectivity index (χ3n) is 7.04. The van der Waals surface area contributed by atoms with Gasteiger partial charge in [0.05, 0.1) is 23.4 Å². The average molecular weight is 477 g/mol. The van der Waals surface area contributed by atoms with Crippen molar-refractivity contribution in [2.45, 2.75) is 37.6 Å². The van der Waals surface area contributed by atoms with Gasteiger partial charge in [0.1, 0.15) is 11.7 Å². The number of aryl methyl sites for hydroxylation is 1. The van der Waals surface area contributed by atoms with Gasteiger partial charge in [0.15, 0.2) is 0 Å². The van der Waals surface area contributed by atoms with E-state index in [0.717, 1.165) is 59.2 Å². The first-order valence-corrected chi connectivity index (χ1v) is 12.4. The van der Waals surface area contributed by atoms with Gasteiger partial charge in [-0.1, -0.05) is 30.3 Å². The van der Waals surface area contributed by atoms with Crippen molar-refractivity contribution in [2.75, 3.05) is 6.54 Å². The molecule has 0 saturated heterocycles. The maximum atomic E-state index is 14.2. The number of carbonyl (C=O) groups is 1. The maximum absolute atomic E-state index is 14.2. The number of aromatic nitrogens is 5. The second-order valence-electron chi connectivity index (χ2n) is 9.45. The molecule has 5 heterocycles. The van der Waals surface area contributed by atoms with Gasteiger partial charge in [0, 0.05) is 35.9 Å². The molecule has 0 bridgehead atoms. The Hall–Kier alpha value is -4.33. The molecule has 8 heteroatoms. The SMILES string of the molecule is O=C(c1oc(-c2ccccn2)nc1C1CC1)N1CCCc2[nH]cnc2[C@H]1c1cc2ccccc2cn1. The van der Waals surface area contributed by atoms with Crippen LogP contribution < -0.4 is 0 Å². The quantitative estimate of drug-likeness (QED) is 0.389. The number of amides is 1. The minimum Gasteiger partial charge on any atom is -0.429 e. The molecule has 0 unspecified atom stereocenters. The summed E-state index contributed by atoms with van der Waals surface area (Å²) in [6, 6.07) is 15.3. The Morgan fingerprint density at radius 1 is 1.00 bits per heavy atom. The number of aromatic amines is 1. The Labute approximate surface area is 207 Å². The number of H-pyrrole nitrogens is 1. The summed E-state index contributed by atoms with van der Waals surface area (Å²) in [6.07, 6.45) is 8.91. The predicted molar refractivity (Wildman–Crippen MR) is 133 cm³/mol. The normalized spacial score (nSPS) is 17.7. The molecule has 5 aromatic rings. The molecule has 0 radical (unpaired) electrons. The number of fused-ring (bicyclic) bond motifs is 2. The van der Waals surface area contributed by atoms with Crippen LogP contribution in [0, 0.1) is 0 Å². The van der Waals surface area contributed by atoms with E-state index in [0.29, 0.717) is 23.9 Å². The van der Waals surface area contributed by atoms with Gasteiger partial charge in [-0.2, -0.15) is 0 Å². The molecular formula is C28H24N6O2. The molecule has 1 atom stereocenters. The molecule has 1 amide bonds. The lowest BCUT2D eigenvalue weighted by atomic mass is 10.0. The van der Waals surface area contributed by atoms with Crippen LogP contribution in [0.1, 0.15) is 64.6 Å². The fourth-order valence-electron chi connectivity index (χ4n) is 5.09. The van der Waals surface area contributed by atoms with Crippen LogP contribution in [0.3, 0.4) is 0 Å². The maximum Gasteiger partial charge on any atom is 0.292 e. The van der Waals surface area contributed by atoms with E-state index in [9.17, 15) is 4.79 Å². The van der Waals surface area contributed by atoms with Gasteiger partial charge in [0.2, 0.25) is 11.7 Å². The molecule has 178 valence electrons. The van der Waals surface area contributed by atoms with Crippen molar-refractivity contribution in [1.82, 2.24) is 29.8 Å². The monoisotopic (exact) mass is 476 g/mol. The van der Waals surface area contributed by atoms with Crippen LogP contribution in [0.4, 0.5) is 0 Å². The van der Waals surface area contributed by atoms with Crippen molar-refractivity contribution in [2.24, 2.45) is 0 Å². The molecule has 1 aromatic carbocycles. The fraction of sp³-hybridized carbons (Fsp3) is 0.250. The number of benzene rings is 1. The Morgan fingerprint density at radius 2 is 1.86 bits per heavy atom. The molecule has 1 saturated carbocycles. The highest BCUT2D eigenvalue weighted by molar-refractivity contribution is 5.94. The van der Waals surface area contributed by atoms with Gasteiger partial charge < -0.3 is 14.3 Å². The molecule has 7 rings (SSSR count). The van der Waals surface area contributed by atoms with E-state index >= 15 is 0 Å². The van der Waals surface area contributed by atoms with E-state index in [4.69, 9.17) is 14.4 Å². The summed E-state index contributed by atoms with van der Waals surface area (Å²) < 4.78 is 6.17. The lowest BCUT2D eigenvalue weighted by molar-refractivity contribution is 0.0671. The van der Waals surface area contributed by atoms with Gasteiger partial charge in [-0.15, -0.1) is 0 Å². The van der Waals surface area contributed by atoms with E-state index in [1.165, 1.54) is 0 Å². The molecule has 1 aliphatic heterocycles. The van der Waals surface area contributed by atoms with Crippen molar-refractivity contribution in [3.63, 3.8) is 0 Å². The zero-order valence-corrected chi connectivity index (χ0v) is 19.6. The van der Waals surface area contributed by atoms with Crippen LogP contribution in [-0.4, -0.2) is 42.3 Å². The van der Waals surface area contributed by atoms with Crippen LogP contribution >= 0.6 is 0 Å². The Kier molecular flexibility index (Phi) is 4.90. The lowest BCUT2D eigenvalue weighted by Gasteiger charge is -2.29. The van der Waals surface area contributed by atoms with Gasteiger partial charge in [-0.05, 0) is 49.3 Å². The molecule has 2 aliphatic rings. The summed E-state index contributed by atoms with van der Waals surface area (Å²) >= 11 is 0. The van der Waals surface area contributed by atoms with Gasteiger partial charge in [-0.3, -0.25) is 14.8 Å². The first-order valence-electron chi connectivity index (χ1n) is 12.4. The number of nitrogens with one attached hydrogen (secondary N) is 1. The highest BCUT2D eigenvalue weighted by atomic mass is 16.4. The number of oxazole rings is 1. The molecule has 0 spiro atoms. The van der Waals surface area contributed by atoms with Crippen molar-refractivity contribution >= 4 is 16.7 Å². The Bertz CT molecular complexity index is 1570. The predicted octanol–water partition coefficient (Wildman–Crippen LogP) is 5.06. The van der Waals surface area contributed by atoms with Gasteiger partial charge in [-0.25, -0.2) is 9.97 Å². The first-order chi connectivity index (χ1) is 17.8. The largest absolute Gasteiger partial charge is 0.429 e. The lowest BCUT2D eigenvalue weighted by Crippen LogP contribution is -2.36. The van der Waals surface area contributed by atoms with Crippen LogP contribution in [0.5, 0.6) is 0 Å². The fourth-order valence-corrected chi connectivity index (χ4v) is 5.09. The van der Waals surface area contributed by atoms with Crippen LogP contribution in [-0.2, 0) is 6.42 Å². The third-order valence-corrected chi connectivity index (χ3v) is 7.04. The van der Waals surface area contributed by atoms with Crippen molar-refractivity contribution < 1.29 is 9.21 Å². The standard InChI is InChI=1S/C28H24N6O2/c35-28(26-23(17-10-11-17)33-27(36-26)21-8-3-4-12-29-21)34-13-5-9-20-24(32-16-31-20)25(34)22-14-18-6-1-2-7-19(18)15-30-22/h1-4,6-8,12,14-17,25H,5,9-11,13H2,(H,31,32)/t25-/m1/s1. The molecule has 8 nitrogen and oxygen atoms in total. The summed E-state index contributed by atoms with van der Waals surface area (Å²) in [5, 5.41) is 2.13. The molecule has 36 heavy (non-hydrogen) atoms. The van der Waals surface area contributed by atoms with Crippen molar-refractivity contribution in [1.29, 1.82) is 0 Å². The molecule has 1 fully saturated rings. The summed E-state index contributed by atoms with van der Waals surface area (Å²) in [7, 11) is 0. The molecule has 1 aliphatic carbocycles. The van der Waals surface area contributed by atoms with E-state index in [1.807, 2.05) is 47.5 Å². The highest BCUT2D eigenvalue weighted by Gasteiger charge is 2.40. The number of rotatable bonds is 4. The van der Waals surface area contributed by atoms with E-state index in [2.05, 4.69) is 27.1 Å². The summed E-state index contributed by atoms with van der Waals surface area (Å²) in [4.78, 5) is 37.9. The topological polar surface area (TPSA) is 101 Å². The Morgan fingerprint density at radius 3 is 2.69 bits per heavy atom. The number of hydrogen-bond acceptors (Lipinski definition) is 6. The number of carbonyl (C=O) groups excluding carboxylic acids is 1. The Balaban J connectivity index is 1.35. The number of imidazole rings is 1. The first kappa shape index (κ1) is 21.0. The minimum absolute atomic E-state index is 0.178. The smallest absolute Gasteiger partial charge is 0.292 e. The van der Waals surface area contributed by atoms with E-state index < -0.39 is 6.04 Å². The van der Waals surface area contributed by atoms with Crippen LogP contribution in [0.2, 0.25) is 0 Å². The summed E-state index contributed by atoms with van der Waals surface area (Å²) in [6.45, 7) is 0.561. The van der Waals surface area contributed by atoms with Crippen molar-refractivity contribution in [3.8, 4) is 11.6 Å². The second-order valence-corrected chi connectivity index (χ2v) is 9.45. The van der Waals surface area contributed by atoms with Gasteiger partial charge in [0.25, 0.3) is 5.91 Å². The van der Waals surface area contributed by atoms with Crippen LogP contribution in [0.25, 0.3) is 22.4 Å². The van der Waals surface area contributed by atoms with Crippen LogP contribution in [0.15, 0.2) is 71.7 Å². The summed E-state index contributed by atoms with van der Waals surface area (Å²) in [5.41, 5.74) is 4.02. The average Bonchev–Trinajstić information content (AvgIpc) is 3.56. The second kappa shape index (κ2) is 8.41. The molecular weight excluding hydrogens is 452 g/mol. The van der Waals surface area contributed by atoms with Gasteiger partial charge >= 0.3 is 0 Å². The number of hydrogen-bond donors (Lipinski definition) is 1. The third kappa shape index (κ3) is 3.57. The zero-order valence-electron chi connectivity index (χ0n) is 19.6. The van der Waals surface area contributed by atoms with E-state index in [-0.39, 0.29) is 11.8 Å². The molecule has 4 aromatic heterocycles. The number of nitrogens with zero attached hydrogens (tertiary/aromatic N) is 5. The number of pyridine rings is 2. The summed E-state index contributed by atoms with van der Waals surface area (Å²) in [5.74, 6) is 0.761. The van der Waals surface area contributed by atoms with Crippen molar-refractivity contribution in [3.05, 3.63) is 95.8 Å². The minimum atomic E-state index is -0.429.